The summed E-state index contributed by atoms with van der Waals surface area (Å²) in [5.74, 6) is 0.915. The number of hydrogen-bond donors (Lipinski definition) is 2. The van der Waals surface area contributed by atoms with Crippen molar-refractivity contribution in [3.05, 3.63) is 17.7 Å². The van der Waals surface area contributed by atoms with E-state index in [2.05, 4.69) is 19.2 Å². The molecular formula is C13H21NO3. The van der Waals surface area contributed by atoms with Gasteiger partial charge in [-0.15, -0.1) is 0 Å². The molecule has 4 nitrogen and oxygen atoms in total. The highest BCUT2D eigenvalue weighted by molar-refractivity contribution is 5.52. The summed E-state index contributed by atoms with van der Waals surface area (Å²) in [6, 6.07) is 4.08. The van der Waals surface area contributed by atoms with E-state index in [1.165, 1.54) is 14.2 Å². The topological polar surface area (TPSA) is 50.7 Å². The van der Waals surface area contributed by atoms with Crippen LogP contribution in [0.15, 0.2) is 12.1 Å². The van der Waals surface area contributed by atoms with Gasteiger partial charge in [0.2, 0.25) is 5.75 Å². The molecule has 1 aromatic carbocycles. The normalized spacial score (nSPS) is 12.2. The van der Waals surface area contributed by atoms with E-state index in [-0.39, 0.29) is 5.75 Å². The number of rotatable bonds is 6. The van der Waals surface area contributed by atoms with Crippen LogP contribution in [0, 0.1) is 0 Å². The van der Waals surface area contributed by atoms with E-state index in [1.807, 2.05) is 12.1 Å². The van der Waals surface area contributed by atoms with Crippen LogP contribution in [0.3, 0.4) is 0 Å². The fourth-order valence-electron chi connectivity index (χ4n) is 1.49. The van der Waals surface area contributed by atoms with Crippen molar-refractivity contribution < 1.29 is 14.6 Å². The lowest BCUT2D eigenvalue weighted by molar-refractivity contribution is 0.338. The third-order valence-electron chi connectivity index (χ3n) is 2.81. The van der Waals surface area contributed by atoms with E-state index in [4.69, 9.17) is 9.47 Å². The van der Waals surface area contributed by atoms with Gasteiger partial charge in [0.05, 0.1) is 14.2 Å². The Balaban J connectivity index is 2.85. The summed E-state index contributed by atoms with van der Waals surface area (Å²) in [6.45, 7) is 4.99. The highest BCUT2D eigenvalue weighted by atomic mass is 16.5. The summed E-state index contributed by atoms with van der Waals surface area (Å²) in [4.78, 5) is 0. The summed E-state index contributed by atoms with van der Waals surface area (Å²) >= 11 is 0. The SMILES string of the molecule is CC[C@@H](C)NCc1cc(OC)c(O)c(OC)c1. The quantitative estimate of drug-likeness (QED) is 0.799. The fourth-order valence-corrected chi connectivity index (χ4v) is 1.49. The largest absolute Gasteiger partial charge is 0.502 e. The van der Waals surface area contributed by atoms with Gasteiger partial charge >= 0.3 is 0 Å². The lowest BCUT2D eigenvalue weighted by Gasteiger charge is -2.14. The van der Waals surface area contributed by atoms with E-state index in [0.717, 1.165) is 18.5 Å². The zero-order valence-electron chi connectivity index (χ0n) is 10.9. The molecule has 0 saturated heterocycles. The predicted octanol–water partition coefficient (Wildman–Crippen LogP) is 2.30. The van der Waals surface area contributed by atoms with E-state index >= 15 is 0 Å². The average Bonchev–Trinajstić information content (AvgIpc) is 2.36. The molecule has 4 heteroatoms. The van der Waals surface area contributed by atoms with Gasteiger partial charge in [-0.3, -0.25) is 0 Å². The second kappa shape index (κ2) is 6.35. The Morgan fingerprint density at radius 2 is 1.76 bits per heavy atom. The van der Waals surface area contributed by atoms with Crippen molar-refractivity contribution in [2.45, 2.75) is 32.9 Å². The van der Waals surface area contributed by atoms with Gasteiger partial charge in [0.25, 0.3) is 0 Å². The second-order valence-electron chi connectivity index (χ2n) is 4.04. The van der Waals surface area contributed by atoms with Crippen molar-refractivity contribution in [3.63, 3.8) is 0 Å². The third-order valence-corrected chi connectivity index (χ3v) is 2.81. The number of benzene rings is 1. The van der Waals surface area contributed by atoms with Crippen LogP contribution in [0.4, 0.5) is 0 Å². The molecule has 0 heterocycles. The molecule has 0 aliphatic heterocycles. The maximum absolute atomic E-state index is 9.77. The molecule has 0 fully saturated rings. The van der Waals surface area contributed by atoms with E-state index in [1.54, 1.807) is 0 Å². The summed E-state index contributed by atoms with van der Waals surface area (Å²) in [5, 5.41) is 13.1. The molecule has 0 bridgehead atoms. The van der Waals surface area contributed by atoms with Crippen LogP contribution in [0.25, 0.3) is 0 Å². The standard InChI is InChI=1S/C13H21NO3/c1-5-9(2)14-8-10-6-11(16-3)13(15)12(7-10)17-4/h6-7,9,14-15H,5,8H2,1-4H3/t9-/m1/s1. The first-order valence-electron chi connectivity index (χ1n) is 5.79. The first-order chi connectivity index (χ1) is 8.12. The molecule has 1 atom stereocenters. The molecule has 0 aliphatic rings. The van der Waals surface area contributed by atoms with Crippen molar-refractivity contribution in [2.75, 3.05) is 14.2 Å². The molecule has 0 spiro atoms. The number of nitrogens with one attached hydrogen (secondary N) is 1. The van der Waals surface area contributed by atoms with Crippen molar-refractivity contribution in [2.24, 2.45) is 0 Å². The second-order valence-corrected chi connectivity index (χ2v) is 4.04. The fraction of sp³-hybridized carbons (Fsp3) is 0.538. The Bertz CT molecular complexity index is 341. The van der Waals surface area contributed by atoms with Gasteiger partial charge in [0.1, 0.15) is 0 Å². The van der Waals surface area contributed by atoms with Crippen LogP contribution >= 0.6 is 0 Å². The first-order valence-corrected chi connectivity index (χ1v) is 5.79. The Labute approximate surface area is 103 Å². The number of aromatic hydroxyl groups is 1. The monoisotopic (exact) mass is 239 g/mol. The van der Waals surface area contributed by atoms with Crippen LogP contribution in [0.2, 0.25) is 0 Å². The van der Waals surface area contributed by atoms with Gasteiger partial charge in [0, 0.05) is 12.6 Å². The van der Waals surface area contributed by atoms with Crippen LogP contribution in [0.1, 0.15) is 25.8 Å². The Morgan fingerprint density at radius 1 is 1.24 bits per heavy atom. The van der Waals surface area contributed by atoms with E-state index in [9.17, 15) is 5.11 Å². The minimum absolute atomic E-state index is 0.0438. The summed E-state index contributed by atoms with van der Waals surface area (Å²) in [7, 11) is 3.06. The number of phenols is 1. The van der Waals surface area contributed by atoms with Gasteiger partial charge in [0.15, 0.2) is 11.5 Å². The number of phenolic OH excluding ortho intramolecular Hbond substituents is 1. The van der Waals surface area contributed by atoms with Crippen LogP contribution in [-0.2, 0) is 6.54 Å². The van der Waals surface area contributed by atoms with Crippen molar-refractivity contribution in [1.29, 1.82) is 0 Å². The molecule has 0 amide bonds. The summed E-state index contributed by atoms with van der Waals surface area (Å²) < 4.78 is 10.2. The van der Waals surface area contributed by atoms with Gasteiger partial charge in [-0.1, -0.05) is 6.92 Å². The summed E-state index contributed by atoms with van der Waals surface area (Å²) in [5.41, 5.74) is 1.02. The predicted molar refractivity (Wildman–Crippen MR) is 67.8 cm³/mol. The van der Waals surface area contributed by atoms with Crippen LogP contribution < -0.4 is 14.8 Å². The molecule has 2 N–H and O–H groups in total. The minimum Gasteiger partial charge on any atom is -0.502 e. The molecule has 0 aliphatic carbocycles. The van der Waals surface area contributed by atoms with E-state index in [0.29, 0.717) is 17.5 Å². The highest BCUT2D eigenvalue weighted by Crippen LogP contribution is 2.36. The maximum Gasteiger partial charge on any atom is 0.200 e. The first kappa shape index (κ1) is 13.6. The zero-order chi connectivity index (χ0) is 12.8. The van der Waals surface area contributed by atoms with Gasteiger partial charge in [-0.05, 0) is 31.0 Å². The van der Waals surface area contributed by atoms with Gasteiger partial charge in [-0.2, -0.15) is 0 Å². The lowest BCUT2D eigenvalue weighted by Crippen LogP contribution is -2.24. The number of hydrogen-bond acceptors (Lipinski definition) is 4. The van der Waals surface area contributed by atoms with Gasteiger partial charge < -0.3 is 19.9 Å². The molecule has 0 saturated carbocycles. The van der Waals surface area contributed by atoms with Crippen molar-refractivity contribution >= 4 is 0 Å². The lowest BCUT2D eigenvalue weighted by atomic mass is 10.1. The minimum atomic E-state index is 0.0438. The van der Waals surface area contributed by atoms with Crippen molar-refractivity contribution in [3.8, 4) is 17.2 Å². The molecule has 1 rings (SSSR count). The third kappa shape index (κ3) is 3.53. The summed E-state index contributed by atoms with van der Waals surface area (Å²) in [6.07, 6.45) is 1.08. The Hall–Kier alpha value is -1.42. The van der Waals surface area contributed by atoms with Gasteiger partial charge in [-0.25, -0.2) is 0 Å². The van der Waals surface area contributed by atoms with Crippen LogP contribution in [0.5, 0.6) is 17.2 Å². The molecule has 0 unspecified atom stereocenters. The average molecular weight is 239 g/mol. The molecular weight excluding hydrogens is 218 g/mol. The zero-order valence-corrected chi connectivity index (χ0v) is 10.9. The molecule has 0 aromatic heterocycles. The number of ether oxygens (including phenoxy) is 2. The molecule has 17 heavy (non-hydrogen) atoms. The highest BCUT2D eigenvalue weighted by Gasteiger charge is 2.11. The van der Waals surface area contributed by atoms with Crippen LogP contribution in [-0.4, -0.2) is 25.4 Å². The van der Waals surface area contributed by atoms with Crippen molar-refractivity contribution in [1.82, 2.24) is 5.32 Å². The Morgan fingerprint density at radius 3 is 2.18 bits per heavy atom. The molecule has 1 aromatic rings. The molecule has 96 valence electrons. The smallest absolute Gasteiger partial charge is 0.200 e. The van der Waals surface area contributed by atoms with E-state index < -0.39 is 0 Å². The maximum atomic E-state index is 9.77. The Kier molecular flexibility index (Phi) is 5.10. The molecule has 0 radical (unpaired) electrons. The number of methoxy groups -OCH3 is 2.